The molecule has 27 heavy (non-hydrogen) atoms. The normalized spacial score (nSPS) is 22.1. The van der Waals surface area contributed by atoms with E-state index in [1.807, 2.05) is 26.0 Å². The molecule has 2 aromatic heterocycles. The van der Waals surface area contributed by atoms with Gasteiger partial charge >= 0.3 is 0 Å². The Labute approximate surface area is 157 Å². The van der Waals surface area contributed by atoms with Crippen molar-refractivity contribution in [1.82, 2.24) is 20.2 Å². The van der Waals surface area contributed by atoms with Gasteiger partial charge in [-0.1, -0.05) is 5.16 Å². The molecule has 1 fully saturated rings. The first kappa shape index (κ1) is 17.7. The zero-order valence-electron chi connectivity index (χ0n) is 15.6. The molecule has 1 N–H and O–H groups in total. The fraction of sp³-hybridized carbons (Fsp3) is 0.474. The van der Waals surface area contributed by atoms with Crippen molar-refractivity contribution in [3.63, 3.8) is 0 Å². The Morgan fingerprint density at radius 2 is 2.19 bits per heavy atom. The molecular formula is C19H23N5O3. The minimum absolute atomic E-state index is 0.214. The van der Waals surface area contributed by atoms with E-state index in [-0.39, 0.29) is 5.91 Å². The highest BCUT2D eigenvalue weighted by Crippen LogP contribution is 2.34. The number of likely N-dealkylation sites (tertiary alicyclic amines) is 1. The topological polar surface area (TPSA) is 92.8 Å². The van der Waals surface area contributed by atoms with Crippen LogP contribution in [0.25, 0.3) is 0 Å². The van der Waals surface area contributed by atoms with Gasteiger partial charge < -0.3 is 14.6 Å². The second-order valence-corrected chi connectivity index (χ2v) is 7.29. The number of rotatable bonds is 5. The lowest BCUT2D eigenvalue weighted by atomic mass is 9.96. The number of aryl methyl sites for hydroxylation is 2. The van der Waals surface area contributed by atoms with Crippen LogP contribution in [0.5, 0.6) is 0 Å². The highest BCUT2D eigenvalue weighted by Gasteiger charge is 2.46. The van der Waals surface area contributed by atoms with Gasteiger partial charge in [-0.15, -0.1) is 0 Å². The quantitative estimate of drug-likeness (QED) is 0.863. The molecule has 4 heterocycles. The summed E-state index contributed by atoms with van der Waals surface area (Å²) in [6, 6.07) is 3.97. The summed E-state index contributed by atoms with van der Waals surface area (Å²) in [5, 5.41) is 6.90. The molecule has 0 radical (unpaired) electrons. The maximum atomic E-state index is 12.4. The molecular weight excluding hydrogens is 346 g/mol. The minimum atomic E-state index is -0.405. The third-order valence-corrected chi connectivity index (χ3v) is 4.94. The molecule has 1 spiro atoms. The second kappa shape index (κ2) is 7.11. The maximum Gasteiger partial charge on any atom is 0.269 e. The predicted octanol–water partition coefficient (Wildman–Crippen LogP) is 1.72. The highest BCUT2D eigenvalue weighted by atomic mass is 16.7. The average molecular weight is 369 g/mol. The number of amides is 1. The summed E-state index contributed by atoms with van der Waals surface area (Å²) in [4.78, 5) is 28.8. The van der Waals surface area contributed by atoms with Crippen LogP contribution < -0.4 is 5.32 Å². The first-order valence-electron chi connectivity index (χ1n) is 9.10. The molecule has 142 valence electrons. The number of hydrogen-bond acceptors (Lipinski definition) is 7. The first-order chi connectivity index (χ1) is 13.0. The van der Waals surface area contributed by atoms with Crippen LogP contribution in [0.3, 0.4) is 0 Å². The summed E-state index contributed by atoms with van der Waals surface area (Å²) in [5.41, 5.74) is 1.59. The van der Waals surface area contributed by atoms with Gasteiger partial charge in [0, 0.05) is 32.1 Å². The fourth-order valence-corrected chi connectivity index (χ4v) is 3.50. The predicted molar refractivity (Wildman–Crippen MR) is 97.8 cm³/mol. The summed E-state index contributed by atoms with van der Waals surface area (Å²) in [5.74, 6) is 1.64. The van der Waals surface area contributed by atoms with Crippen molar-refractivity contribution >= 4 is 11.6 Å². The molecule has 2 aliphatic heterocycles. The summed E-state index contributed by atoms with van der Waals surface area (Å²) in [6.07, 6.45) is 4.71. The number of furan rings is 1. The van der Waals surface area contributed by atoms with Gasteiger partial charge in [0.05, 0.1) is 30.7 Å². The molecule has 1 atom stereocenters. The highest BCUT2D eigenvalue weighted by molar-refractivity contribution is 6.39. The number of carbonyl (C=O) groups excluding carboxylic acids is 1. The monoisotopic (exact) mass is 369 g/mol. The maximum absolute atomic E-state index is 12.4. The molecule has 8 heteroatoms. The molecule has 0 aromatic carbocycles. The molecule has 2 aromatic rings. The van der Waals surface area contributed by atoms with Gasteiger partial charge in [-0.05, 0) is 26.0 Å². The SMILES string of the molecule is Cc1cnc(CNC(=O)C2=NO[C@]3(CCN(Cc4ccc(C)o4)C3)C2)cn1. The van der Waals surface area contributed by atoms with E-state index in [0.717, 1.165) is 43.3 Å². The van der Waals surface area contributed by atoms with E-state index in [9.17, 15) is 4.79 Å². The van der Waals surface area contributed by atoms with Crippen LogP contribution in [-0.4, -0.2) is 45.2 Å². The second-order valence-electron chi connectivity index (χ2n) is 7.29. The molecule has 0 unspecified atom stereocenters. The Hall–Kier alpha value is -2.74. The molecule has 8 nitrogen and oxygen atoms in total. The van der Waals surface area contributed by atoms with E-state index < -0.39 is 5.60 Å². The van der Waals surface area contributed by atoms with Crippen molar-refractivity contribution < 1.29 is 14.0 Å². The lowest BCUT2D eigenvalue weighted by Crippen LogP contribution is -2.36. The summed E-state index contributed by atoms with van der Waals surface area (Å²) in [6.45, 7) is 6.50. The lowest BCUT2D eigenvalue weighted by Gasteiger charge is -2.21. The average Bonchev–Trinajstić information content (AvgIpc) is 3.36. The number of oxime groups is 1. The van der Waals surface area contributed by atoms with Crippen LogP contribution in [0.1, 0.15) is 35.7 Å². The molecule has 1 saturated heterocycles. The van der Waals surface area contributed by atoms with Crippen LogP contribution in [0.15, 0.2) is 34.1 Å². The summed E-state index contributed by atoms with van der Waals surface area (Å²) >= 11 is 0. The summed E-state index contributed by atoms with van der Waals surface area (Å²) < 4.78 is 5.65. The van der Waals surface area contributed by atoms with Crippen LogP contribution in [0, 0.1) is 13.8 Å². The number of nitrogens with one attached hydrogen (secondary N) is 1. The van der Waals surface area contributed by atoms with Gasteiger partial charge in [-0.2, -0.15) is 0 Å². The Balaban J connectivity index is 1.28. The van der Waals surface area contributed by atoms with Crippen LogP contribution in [-0.2, 0) is 22.7 Å². The van der Waals surface area contributed by atoms with E-state index >= 15 is 0 Å². The Morgan fingerprint density at radius 3 is 2.93 bits per heavy atom. The zero-order chi connectivity index (χ0) is 18.9. The van der Waals surface area contributed by atoms with Crippen molar-refractivity contribution in [2.45, 2.75) is 45.4 Å². The van der Waals surface area contributed by atoms with E-state index in [1.54, 1.807) is 12.4 Å². The van der Waals surface area contributed by atoms with Crippen molar-refractivity contribution in [2.75, 3.05) is 13.1 Å². The van der Waals surface area contributed by atoms with Crippen molar-refractivity contribution in [3.05, 3.63) is 47.4 Å². The van der Waals surface area contributed by atoms with Gasteiger partial charge in [0.2, 0.25) is 0 Å². The number of carbonyl (C=O) groups is 1. The third kappa shape index (κ3) is 4.00. The zero-order valence-corrected chi connectivity index (χ0v) is 15.6. The molecule has 0 saturated carbocycles. The van der Waals surface area contributed by atoms with E-state index in [2.05, 4.69) is 25.3 Å². The van der Waals surface area contributed by atoms with Crippen LogP contribution >= 0.6 is 0 Å². The van der Waals surface area contributed by atoms with Gasteiger partial charge in [-0.3, -0.25) is 19.7 Å². The van der Waals surface area contributed by atoms with Gasteiger partial charge in [-0.25, -0.2) is 0 Å². The number of hydrogen-bond donors (Lipinski definition) is 1. The Kier molecular flexibility index (Phi) is 4.65. The lowest BCUT2D eigenvalue weighted by molar-refractivity contribution is -0.115. The molecule has 0 bridgehead atoms. The van der Waals surface area contributed by atoms with Gasteiger partial charge in [0.15, 0.2) is 5.60 Å². The Bertz CT molecular complexity index is 860. The summed E-state index contributed by atoms with van der Waals surface area (Å²) in [7, 11) is 0. The molecule has 2 aliphatic rings. The number of aromatic nitrogens is 2. The Morgan fingerprint density at radius 1 is 1.30 bits per heavy atom. The smallest absolute Gasteiger partial charge is 0.269 e. The van der Waals surface area contributed by atoms with E-state index in [1.165, 1.54) is 0 Å². The van der Waals surface area contributed by atoms with Crippen molar-refractivity contribution in [3.8, 4) is 0 Å². The molecule has 1 amide bonds. The van der Waals surface area contributed by atoms with Crippen LogP contribution in [0.2, 0.25) is 0 Å². The third-order valence-electron chi connectivity index (χ3n) is 4.94. The van der Waals surface area contributed by atoms with Crippen molar-refractivity contribution in [2.24, 2.45) is 5.16 Å². The van der Waals surface area contributed by atoms with Crippen LogP contribution in [0.4, 0.5) is 0 Å². The largest absolute Gasteiger partial charge is 0.465 e. The standard InChI is InChI=1S/C19H23N5O3/c1-13-8-21-15(9-20-13)10-22-18(25)17-7-19(27-23-17)5-6-24(12-19)11-16-4-3-14(2)26-16/h3-4,8-9H,5-7,10-12H2,1-2H3,(H,22,25)/t19-/m1/s1. The first-order valence-corrected chi connectivity index (χ1v) is 9.10. The molecule has 0 aliphatic carbocycles. The van der Waals surface area contributed by atoms with Gasteiger partial charge in [0.25, 0.3) is 5.91 Å². The molecule has 4 rings (SSSR count). The minimum Gasteiger partial charge on any atom is -0.465 e. The van der Waals surface area contributed by atoms with Crippen molar-refractivity contribution in [1.29, 1.82) is 0 Å². The van der Waals surface area contributed by atoms with E-state index in [0.29, 0.717) is 24.4 Å². The number of nitrogens with zero attached hydrogens (tertiary/aromatic N) is 4. The fourth-order valence-electron chi connectivity index (χ4n) is 3.50. The van der Waals surface area contributed by atoms with E-state index in [4.69, 9.17) is 9.25 Å². The van der Waals surface area contributed by atoms with Gasteiger partial charge in [0.1, 0.15) is 17.2 Å².